The number of amides is 1. The van der Waals surface area contributed by atoms with Crippen LogP contribution in [-0.2, 0) is 11.3 Å². The molecule has 2 N–H and O–H groups in total. The van der Waals surface area contributed by atoms with E-state index in [-0.39, 0.29) is 24.0 Å². The first-order valence-electron chi connectivity index (χ1n) is 8.59. The number of likely N-dealkylation sites (N-methyl/N-ethyl adjacent to an activating group) is 1. The zero-order valence-corrected chi connectivity index (χ0v) is 15.9. The predicted octanol–water partition coefficient (Wildman–Crippen LogP) is 2.57. The number of quaternary nitrogens is 1. The van der Waals surface area contributed by atoms with Crippen LogP contribution < -0.4 is 19.7 Å². The highest BCUT2D eigenvalue weighted by Crippen LogP contribution is 2.29. The number of carbonyl (C=O) groups excluding carboxylic acids is 1. The Hall–Kier alpha value is -2.67. The number of halogens is 2. The van der Waals surface area contributed by atoms with Crippen LogP contribution in [0.25, 0.3) is 0 Å². The fourth-order valence-corrected chi connectivity index (χ4v) is 2.90. The van der Waals surface area contributed by atoms with Gasteiger partial charge in [-0.1, -0.05) is 18.2 Å². The first kappa shape index (κ1) is 20.6. The maximum Gasteiger partial charge on any atom is 0.387 e. The van der Waals surface area contributed by atoms with Gasteiger partial charge in [0.15, 0.2) is 18.0 Å². The highest BCUT2D eigenvalue weighted by atomic mass is 19.3. The van der Waals surface area contributed by atoms with Gasteiger partial charge < -0.3 is 19.7 Å². The number of methoxy groups -OCH3 is 1. The normalized spacial score (nSPS) is 12.0. The molecule has 1 atom stereocenters. The Kier molecular flexibility index (Phi) is 7.12. The van der Waals surface area contributed by atoms with Crippen LogP contribution in [0.3, 0.4) is 0 Å². The quantitative estimate of drug-likeness (QED) is 0.741. The molecule has 0 aliphatic carbocycles. The van der Waals surface area contributed by atoms with Crippen LogP contribution in [0, 0.1) is 13.8 Å². The van der Waals surface area contributed by atoms with Crippen molar-refractivity contribution in [3.05, 3.63) is 53.1 Å². The number of para-hydroxylation sites is 1. The molecule has 0 bridgehead atoms. The molecule has 0 saturated heterocycles. The van der Waals surface area contributed by atoms with E-state index in [4.69, 9.17) is 4.74 Å². The van der Waals surface area contributed by atoms with Gasteiger partial charge in [-0.3, -0.25) is 4.79 Å². The molecule has 5 nitrogen and oxygen atoms in total. The van der Waals surface area contributed by atoms with Crippen molar-refractivity contribution in [2.24, 2.45) is 0 Å². The Labute approximate surface area is 157 Å². The lowest BCUT2D eigenvalue weighted by Gasteiger charge is -2.17. The fraction of sp³-hybridized carbons (Fsp3) is 0.350. The van der Waals surface area contributed by atoms with Crippen molar-refractivity contribution in [3.8, 4) is 11.5 Å². The van der Waals surface area contributed by atoms with Crippen molar-refractivity contribution in [2.45, 2.75) is 27.0 Å². The van der Waals surface area contributed by atoms with E-state index < -0.39 is 6.61 Å². The van der Waals surface area contributed by atoms with E-state index in [1.165, 1.54) is 13.2 Å². The monoisotopic (exact) mass is 379 g/mol. The Morgan fingerprint density at radius 2 is 1.81 bits per heavy atom. The maximum atomic E-state index is 12.4. The number of aryl methyl sites for hydroxylation is 2. The zero-order chi connectivity index (χ0) is 20.0. The van der Waals surface area contributed by atoms with Crippen LogP contribution in [0.4, 0.5) is 14.5 Å². The van der Waals surface area contributed by atoms with Gasteiger partial charge in [0.05, 0.1) is 14.2 Å². The number of ether oxygens (including phenoxy) is 2. The van der Waals surface area contributed by atoms with Crippen LogP contribution >= 0.6 is 0 Å². The van der Waals surface area contributed by atoms with Crippen molar-refractivity contribution < 1.29 is 27.9 Å². The van der Waals surface area contributed by atoms with Crippen LogP contribution in [0.1, 0.15) is 16.7 Å². The molecule has 2 rings (SSSR count). The Morgan fingerprint density at radius 1 is 1.15 bits per heavy atom. The van der Waals surface area contributed by atoms with Crippen LogP contribution in [0.5, 0.6) is 11.5 Å². The van der Waals surface area contributed by atoms with Gasteiger partial charge in [-0.05, 0) is 43.2 Å². The lowest BCUT2D eigenvalue weighted by atomic mass is 10.1. The highest BCUT2D eigenvalue weighted by Gasteiger charge is 2.15. The molecule has 0 aliphatic rings. The lowest BCUT2D eigenvalue weighted by Crippen LogP contribution is -3.08. The Balaban J connectivity index is 1.98. The summed E-state index contributed by atoms with van der Waals surface area (Å²) in [7, 11) is 3.28. The van der Waals surface area contributed by atoms with E-state index in [1.807, 2.05) is 39.1 Å². The number of nitrogens with one attached hydrogen (secondary N) is 2. The first-order valence-corrected chi connectivity index (χ1v) is 8.59. The average Bonchev–Trinajstić information content (AvgIpc) is 2.59. The third-order valence-corrected chi connectivity index (χ3v) is 4.16. The maximum absolute atomic E-state index is 12.4. The first-order chi connectivity index (χ1) is 12.8. The van der Waals surface area contributed by atoms with Crippen molar-refractivity contribution >= 4 is 11.6 Å². The van der Waals surface area contributed by atoms with Gasteiger partial charge >= 0.3 is 6.61 Å². The molecule has 7 heteroatoms. The lowest BCUT2D eigenvalue weighted by molar-refractivity contribution is -0.885. The summed E-state index contributed by atoms with van der Waals surface area (Å²) in [4.78, 5) is 13.3. The van der Waals surface area contributed by atoms with Gasteiger partial charge in [0.25, 0.3) is 5.91 Å². The van der Waals surface area contributed by atoms with E-state index in [2.05, 4.69) is 10.1 Å². The third kappa shape index (κ3) is 5.92. The van der Waals surface area contributed by atoms with Gasteiger partial charge in [0.1, 0.15) is 6.54 Å². The van der Waals surface area contributed by atoms with E-state index in [1.54, 1.807) is 12.1 Å². The van der Waals surface area contributed by atoms with Gasteiger partial charge in [0, 0.05) is 11.3 Å². The minimum atomic E-state index is -2.91. The van der Waals surface area contributed by atoms with Gasteiger partial charge in [-0.25, -0.2) is 0 Å². The summed E-state index contributed by atoms with van der Waals surface area (Å²) in [5.41, 5.74) is 3.72. The van der Waals surface area contributed by atoms with E-state index in [0.29, 0.717) is 6.54 Å². The topological polar surface area (TPSA) is 52.0 Å². The summed E-state index contributed by atoms with van der Waals surface area (Å²) < 4.78 is 34.3. The largest absolute Gasteiger partial charge is 0.493 e. The van der Waals surface area contributed by atoms with Gasteiger partial charge in [-0.15, -0.1) is 0 Å². The molecule has 0 saturated carbocycles. The van der Waals surface area contributed by atoms with Crippen molar-refractivity contribution in [2.75, 3.05) is 26.0 Å². The molecule has 2 aromatic rings. The molecule has 0 aromatic heterocycles. The molecule has 1 amide bonds. The van der Waals surface area contributed by atoms with E-state index in [9.17, 15) is 13.6 Å². The van der Waals surface area contributed by atoms with Gasteiger partial charge in [0.2, 0.25) is 0 Å². The number of hydrogen-bond donors (Lipinski definition) is 2. The second-order valence-corrected chi connectivity index (χ2v) is 6.49. The number of anilines is 1. The number of hydrogen-bond acceptors (Lipinski definition) is 3. The molecular weight excluding hydrogens is 354 g/mol. The van der Waals surface area contributed by atoms with Crippen molar-refractivity contribution in [1.29, 1.82) is 0 Å². The predicted molar refractivity (Wildman–Crippen MR) is 99.6 cm³/mol. The SMILES string of the molecule is COc1cc(C[NH+](C)CC(=O)Nc2c(C)cccc2C)ccc1OC(F)F. The van der Waals surface area contributed by atoms with Crippen molar-refractivity contribution in [1.82, 2.24) is 0 Å². The molecule has 0 radical (unpaired) electrons. The summed E-state index contributed by atoms with van der Waals surface area (Å²) in [6.45, 7) is 1.80. The average molecular weight is 379 g/mol. The van der Waals surface area contributed by atoms with Crippen molar-refractivity contribution in [3.63, 3.8) is 0 Å². The standard InChI is InChI=1S/C20H24F2N2O3/c1-13-6-5-7-14(2)19(13)23-18(25)12-24(3)11-15-8-9-16(27-20(21)22)17(10-15)26-4/h5-10,20H,11-12H2,1-4H3,(H,23,25)/p+1. The minimum absolute atomic E-state index is 0.0123. The molecule has 0 fully saturated rings. The number of carbonyl (C=O) groups is 1. The molecule has 0 aliphatic heterocycles. The van der Waals surface area contributed by atoms with E-state index in [0.717, 1.165) is 27.3 Å². The summed E-state index contributed by atoms with van der Waals surface area (Å²) >= 11 is 0. The number of alkyl halides is 2. The second kappa shape index (κ2) is 9.32. The Bertz CT molecular complexity index is 777. The Morgan fingerprint density at radius 3 is 2.41 bits per heavy atom. The van der Waals surface area contributed by atoms with Crippen LogP contribution in [0.15, 0.2) is 36.4 Å². The molecule has 0 heterocycles. The van der Waals surface area contributed by atoms with E-state index >= 15 is 0 Å². The summed E-state index contributed by atoms with van der Waals surface area (Å²) in [6.07, 6.45) is 0. The molecular formula is C20H25F2N2O3+. The molecule has 2 aromatic carbocycles. The molecule has 146 valence electrons. The smallest absolute Gasteiger partial charge is 0.387 e. The molecule has 1 unspecified atom stereocenters. The van der Waals surface area contributed by atoms with Crippen LogP contribution in [0.2, 0.25) is 0 Å². The second-order valence-electron chi connectivity index (χ2n) is 6.49. The summed E-state index contributed by atoms with van der Waals surface area (Å²) in [6, 6.07) is 10.6. The molecule has 0 spiro atoms. The molecule has 27 heavy (non-hydrogen) atoms. The highest BCUT2D eigenvalue weighted by molar-refractivity contribution is 5.93. The summed E-state index contributed by atoms with van der Waals surface area (Å²) in [5.74, 6) is 0.136. The third-order valence-electron chi connectivity index (χ3n) is 4.16. The number of benzene rings is 2. The van der Waals surface area contributed by atoms with Gasteiger partial charge in [-0.2, -0.15) is 8.78 Å². The zero-order valence-electron chi connectivity index (χ0n) is 15.9. The minimum Gasteiger partial charge on any atom is -0.493 e. The van der Waals surface area contributed by atoms with Crippen LogP contribution in [-0.4, -0.2) is 33.2 Å². The number of rotatable bonds is 8. The fourth-order valence-electron chi connectivity index (χ4n) is 2.90. The summed E-state index contributed by atoms with van der Waals surface area (Å²) in [5, 5.41) is 2.96.